The standard InChI is InChI=1S/C18H19N3O6S/c1-11(16(23)21-18(19)25)27-17(24)13-6-2-3-7-14(13)28-10-15(22)20-9-12-5-4-8-26-12/h2-8,11H,9-10H2,1H3,(H,20,22)(H3,19,21,23,25)/t11-/m0/s1. The van der Waals surface area contributed by atoms with Crippen LogP contribution in [0.4, 0.5) is 4.79 Å². The van der Waals surface area contributed by atoms with E-state index >= 15 is 0 Å². The van der Waals surface area contributed by atoms with Crippen LogP contribution < -0.4 is 16.4 Å². The fourth-order valence-electron chi connectivity index (χ4n) is 2.05. The molecule has 4 N–H and O–H groups in total. The Morgan fingerprint density at radius 1 is 1.18 bits per heavy atom. The number of nitrogens with one attached hydrogen (secondary N) is 2. The molecule has 4 amide bonds. The number of hydrogen-bond donors (Lipinski definition) is 3. The average molecular weight is 405 g/mol. The van der Waals surface area contributed by atoms with Crippen LogP contribution in [0.5, 0.6) is 0 Å². The Balaban J connectivity index is 1.92. The number of benzene rings is 1. The van der Waals surface area contributed by atoms with Crippen molar-refractivity contribution in [2.75, 3.05) is 5.75 Å². The van der Waals surface area contributed by atoms with Gasteiger partial charge in [0.2, 0.25) is 5.91 Å². The quantitative estimate of drug-likeness (QED) is 0.446. The van der Waals surface area contributed by atoms with Crippen molar-refractivity contribution in [1.29, 1.82) is 0 Å². The van der Waals surface area contributed by atoms with E-state index < -0.39 is 24.0 Å². The first-order chi connectivity index (χ1) is 13.4. The first kappa shape index (κ1) is 21.0. The van der Waals surface area contributed by atoms with Gasteiger partial charge >= 0.3 is 12.0 Å². The monoisotopic (exact) mass is 405 g/mol. The molecule has 1 heterocycles. The normalized spacial score (nSPS) is 11.3. The molecule has 0 spiro atoms. The van der Waals surface area contributed by atoms with E-state index in [0.29, 0.717) is 10.7 Å². The Morgan fingerprint density at radius 3 is 2.61 bits per heavy atom. The zero-order valence-electron chi connectivity index (χ0n) is 15.0. The highest BCUT2D eigenvalue weighted by Gasteiger charge is 2.22. The number of carbonyl (C=O) groups excluding carboxylic acids is 4. The molecule has 1 aromatic carbocycles. The fraction of sp³-hybridized carbons (Fsp3) is 0.222. The van der Waals surface area contributed by atoms with E-state index in [1.165, 1.54) is 19.3 Å². The number of hydrogen-bond acceptors (Lipinski definition) is 7. The smallest absolute Gasteiger partial charge is 0.340 e. The predicted molar refractivity (Wildman–Crippen MR) is 100 cm³/mol. The third-order valence-corrected chi connectivity index (χ3v) is 4.48. The third-order valence-electron chi connectivity index (χ3n) is 3.41. The van der Waals surface area contributed by atoms with Gasteiger partial charge in [-0.25, -0.2) is 9.59 Å². The number of furan rings is 1. The van der Waals surface area contributed by atoms with Crippen molar-refractivity contribution in [3.05, 3.63) is 54.0 Å². The zero-order chi connectivity index (χ0) is 20.5. The van der Waals surface area contributed by atoms with Crippen LogP contribution in [0.15, 0.2) is 52.0 Å². The molecule has 0 radical (unpaired) electrons. The molecule has 0 saturated carbocycles. The summed E-state index contributed by atoms with van der Waals surface area (Å²) in [6, 6.07) is 8.95. The SMILES string of the molecule is C[C@H](OC(=O)c1ccccc1SCC(=O)NCc1ccco1)C(=O)NC(N)=O. The minimum Gasteiger partial charge on any atom is -0.467 e. The van der Waals surface area contributed by atoms with E-state index in [9.17, 15) is 19.2 Å². The van der Waals surface area contributed by atoms with Crippen LogP contribution in [-0.2, 0) is 20.9 Å². The minimum atomic E-state index is -1.21. The van der Waals surface area contributed by atoms with Crippen molar-refractivity contribution in [2.24, 2.45) is 5.73 Å². The van der Waals surface area contributed by atoms with Gasteiger partial charge in [0, 0.05) is 4.90 Å². The first-order valence-corrected chi connectivity index (χ1v) is 9.17. The second-order valence-corrected chi connectivity index (χ2v) is 6.56. The maximum atomic E-state index is 12.3. The molecule has 10 heteroatoms. The van der Waals surface area contributed by atoms with Crippen LogP contribution in [0.1, 0.15) is 23.0 Å². The third kappa shape index (κ3) is 6.47. The largest absolute Gasteiger partial charge is 0.467 e. The highest BCUT2D eigenvalue weighted by atomic mass is 32.2. The van der Waals surface area contributed by atoms with Crippen molar-refractivity contribution in [1.82, 2.24) is 10.6 Å². The zero-order valence-corrected chi connectivity index (χ0v) is 15.8. The molecular formula is C18H19N3O6S. The van der Waals surface area contributed by atoms with Gasteiger partial charge in [-0.15, -0.1) is 11.8 Å². The summed E-state index contributed by atoms with van der Waals surface area (Å²) in [5.41, 5.74) is 5.06. The molecule has 0 aliphatic rings. The number of ether oxygens (including phenoxy) is 1. The molecule has 0 unspecified atom stereocenters. The number of primary amides is 1. The number of rotatable bonds is 8. The number of amides is 4. The predicted octanol–water partition coefficient (Wildman–Crippen LogP) is 1.43. The highest BCUT2D eigenvalue weighted by molar-refractivity contribution is 8.00. The van der Waals surface area contributed by atoms with Gasteiger partial charge < -0.3 is 20.2 Å². The van der Waals surface area contributed by atoms with Crippen molar-refractivity contribution < 1.29 is 28.3 Å². The molecule has 28 heavy (non-hydrogen) atoms. The molecule has 1 atom stereocenters. The van der Waals surface area contributed by atoms with E-state index in [0.717, 1.165) is 11.8 Å². The first-order valence-electron chi connectivity index (χ1n) is 8.19. The summed E-state index contributed by atoms with van der Waals surface area (Å²) in [4.78, 5) is 47.2. The molecule has 0 fully saturated rings. The van der Waals surface area contributed by atoms with Crippen molar-refractivity contribution in [2.45, 2.75) is 24.5 Å². The van der Waals surface area contributed by atoms with Gasteiger partial charge in [-0.1, -0.05) is 12.1 Å². The minimum absolute atomic E-state index is 0.0721. The van der Waals surface area contributed by atoms with Crippen LogP contribution in [0.2, 0.25) is 0 Å². The van der Waals surface area contributed by atoms with Crippen LogP contribution in [0.3, 0.4) is 0 Å². The van der Waals surface area contributed by atoms with E-state index in [-0.39, 0.29) is 23.8 Å². The Kier molecular flexibility index (Phi) is 7.64. The molecule has 9 nitrogen and oxygen atoms in total. The summed E-state index contributed by atoms with van der Waals surface area (Å²) in [6.07, 6.45) is 0.303. The van der Waals surface area contributed by atoms with E-state index in [1.54, 1.807) is 30.3 Å². The maximum Gasteiger partial charge on any atom is 0.340 e. The molecule has 148 valence electrons. The molecule has 1 aromatic heterocycles. The van der Waals surface area contributed by atoms with Gasteiger partial charge in [0.05, 0.1) is 24.1 Å². The Morgan fingerprint density at radius 2 is 1.93 bits per heavy atom. The second-order valence-electron chi connectivity index (χ2n) is 5.54. The lowest BCUT2D eigenvalue weighted by Crippen LogP contribution is -2.42. The summed E-state index contributed by atoms with van der Waals surface area (Å²) in [5, 5.41) is 4.54. The molecule has 2 aromatic rings. The number of urea groups is 1. The summed E-state index contributed by atoms with van der Waals surface area (Å²) < 4.78 is 10.2. The molecule has 0 saturated heterocycles. The number of thioether (sulfide) groups is 1. The van der Waals surface area contributed by atoms with Gasteiger partial charge in [0.25, 0.3) is 5.91 Å². The molecule has 0 aliphatic carbocycles. The van der Waals surface area contributed by atoms with Gasteiger partial charge in [0.15, 0.2) is 6.10 Å². The number of imide groups is 1. The lowest BCUT2D eigenvalue weighted by atomic mass is 10.2. The number of nitrogens with two attached hydrogens (primary N) is 1. The van der Waals surface area contributed by atoms with Crippen LogP contribution in [0, 0.1) is 0 Å². The molecule has 2 rings (SSSR count). The lowest BCUT2D eigenvalue weighted by Gasteiger charge is -2.14. The average Bonchev–Trinajstić information content (AvgIpc) is 3.18. The van der Waals surface area contributed by atoms with E-state index in [4.69, 9.17) is 14.9 Å². The van der Waals surface area contributed by atoms with Gasteiger partial charge in [0.1, 0.15) is 5.76 Å². The number of esters is 1. The molecule has 0 bridgehead atoms. The van der Waals surface area contributed by atoms with Gasteiger partial charge in [-0.2, -0.15) is 0 Å². The Labute approximate surface area is 165 Å². The highest BCUT2D eigenvalue weighted by Crippen LogP contribution is 2.23. The fourth-order valence-corrected chi connectivity index (χ4v) is 2.93. The summed E-state index contributed by atoms with van der Waals surface area (Å²) >= 11 is 1.15. The van der Waals surface area contributed by atoms with Gasteiger partial charge in [-0.05, 0) is 31.2 Å². The van der Waals surface area contributed by atoms with Crippen LogP contribution >= 0.6 is 11.8 Å². The van der Waals surface area contributed by atoms with E-state index in [1.807, 2.05) is 5.32 Å². The topological polar surface area (TPSA) is 141 Å². The lowest BCUT2D eigenvalue weighted by molar-refractivity contribution is -0.127. The molecular weight excluding hydrogens is 386 g/mol. The van der Waals surface area contributed by atoms with Crippen LogP contribution in [0.25, 0.3) is 0 Å². The second kappa shape index (κ2) is 10.2. The summed E-state index contributed by atoms with van der Waals surface area (Å²) in [5.74, 6) is -1.12. The van der Waals surface area contributed by atoms with Gasteiger partial charge in [-0.3, -0.25) is 14.9 Å². The summed E-state index contributed by atoms with van der Waals surface area (Å²) in [6.45, 7) is 1.58. The van der Waals surface area contributed by atoms with Crippen molar-refractivity contribution >= 4 is 35.6 Å². The van der Waals surface area contributed by atoms with E-state index in [2.05, 4.69) is 5.32 Å². The maximum absolute atomic E-state index is 12.3. The summed E-state index contributed by atoms with van der Waals surface area (Å²) in [7, 11) is 0. The van der Waals surface area contributed by atoms with Crippen molar-refractivity contribution in [3.63, 3.8) is 0 Å². The van der Waals surface area contributed by atoms with Crippen molar-refractivity contribution in [3.8, 4) is 0 Å². The number of carbonyl (C=O) groups is 4. The Bertz CT molecular complexity index is 853. The Hall–Kier alpha value is -3.27. The van der Waals surface area contributed by atoms with Crippen LogP contribution in [-0.4, -0.2) is 35.7 Å². The molecule has 0 aliphatic heterocycles.